The molecule has 0 aromatic heterocycles. The van der Waals surface area contributed by atoms with Gasteiger partial charge in [0, 0.05) is 6.04 Å². The van der Waals surface area contributed by atoms with Gasteiger partial charge in [0.05, 0.1) is 6.61 Å². The second-order valence-corrected chi connectivity index (χ2v) is 4.95. The zero-order valence-electron chi connectivity index (χ0n) is 11.1. The van der Waals surface area contributed by atoms with Gasteiger partial charge in [-0.15, -0.1) is 0 Å². The molecule has 2 nitrogen and oxygen atoms in total. The maximum Gasteiger partial charge on any atom is 0.119 e. The Bertz CT molecular complexity index is 375. The van der Waals surface area contributed by atoms with Crippen molar-refractivity contribution in [2.24, 2.45) is 5.92 Å². The van der Waals surface area contributed by atoms with Crippen LogP contribution < -0.4 is 10.1 Å². The van der Waals surface area contributed by atoms with E-state index in [0.29, 0.717) is 6.04 Å². The highest BCUT2D eigenvalue weighted by atomic mass is 16.5. The van der Waals surface area contributed by atoms with Crippen LogP contribution in [-0.2, 0) is 6.42 Å². The zero-order chi connectivity index (χ0) is 12.3. The highest BCUT2D eigenvalue weighted by molar-refractivity contribution is 5.38. The maximum atomic E-state index is 5.57. The van der Waals surface area contributed by atoms with Gasteiger partial charge in [-0.05, 0) is 55.5 Å². The van der Waals surface area contributed by atoms with Crippen LogP contribution in [0.3, 0.4) is 0 Å². The Labute approximate surface area is 104 Å². The van der Waals surface area contributed by atoms with Crippen LogP contribution in [0.2, 0.25) is 0 Å². The number of hydrogen-bond donors (Lipinski definition) is 1. The maximum absolute atomic E-state index is 5.57. The quantitative estimate of drug-likeness (QED) is 0.861. The van der Waals surface area contributed by atoms with E-state index >= 15 is 0 Å². The lowest BCUT2D eigenvalue weighted by Gasteiger charge is -2.16. The van der Waals surface area contributed by atoms with E-state index in [9.17, 15) is 0 Å². The molecule has 0 bridgehead atoms. The van der Waals surface area contributed by atoms with E-state index in [4.69, 9.17) is 4.74 Å². The number of nitrogens with one attached hydrogen (secondary N) is 1. The third-order valence-corrected chi connectivity index (χ3v) is 3.53. The first-order valence-corrected chi connectivity index (χ1v) is 6.73. The third kappa shape index (κ3) is 2.81. The van der Waals surface area contributed by atoms with Crippen LogP contribution in [0.1, 0.15) is 44.4 Å². The average molecular weight is 233 g/mol. The van der Waals surface area contributed by atoms with Gasteiger partial charge in [-0.3, -0.25) is 0 Å². The largest absolute Gasteiger partial charge is 0.494 e. The Morgan fingerprint density at radius 2 is 2.18 bits per heavy atom. The van der Waals surface area contributed by atoms with Crippen molar-refractivity contribution in [3.8, 4) is 5.75 Å². The molecule has 0 saturated carbocycles. The molecule has 1 fully saturated rings. The molecule has 1 aliphatic heterocycles. The zero-order valence-corrected chi connectivity index (χ0v) is 11.1. The molecular weight excluding hydrogens is 210 g/mol. The molecular formula is C15H23NO. The molecule has 1 aromatic carbocycles. The summed E-state index contributed by atoms with van der Waals surface area (Å²) in [6.45, 7) is 8.43. The summed E-state index contributed by atoms with van der Waals surface area (Å²) in [7, 11) is 0. The topological polar surface area (TPSA) is 21.3 Å². The minimum Gasteiger partial charge on any atom is -0.494 e. The van der Waals surface area contributed by atoms with Crippen LogP contribution in [0.5, 0.6) is 5.75 Å². The Balaban J connectivity index is 2.21. The fourth-order valence-corrected chi connectivity index (χ4v) is 2.63. The highest BCUT2D eigenvalue weighted by Crippen LogP contribution is 2.31. The number of ether oxygens (including phenoxy) is 1. The van der Waals surface area contributed by atoms with Gasteiger partial charge >= 0.3 is 0 Å². The summed E-state index contributed by atoms with van der Waals surface area (Å²) < 4.78 is 5.57. The second kappa shape index (κ2) is 5.54. The molecule has 0 spiro atoms. The molecule has 0 radical (unpaired) electrons. The Hall–Kier alpha value is -1.02. The number of benzene rings is 1. The minimum atomic E-state index is 0.538. The Kier molecular flexibility index (Phi) is 4.06. The van der Waals surface area contributed by atoms with Crippen molar-refractivity contribution in [2.75, 3.05) is 13.2 Å². The molecule has 1 N–H and O–H groups in total. The van der Waals surface area contributed by atoms with E-state index in [1.807, 2.05) is 6.92 Å². The first-order chi connectivity index (χ1) is 8.24. The average Bonchev–Trinajstić information content (AvgIpc) is 2.76. The molecule has 2 rings (SSSR count). The standard InChI is InChI=1S/C15H23NO/c1-4-12-9-13(17-5-2)6-7-14(12)15-8-11(3)10-16-15/h6-7,9,11,15-16H,4-5,8,10H2,1-3H3/t11-,15+/m0/s1. The van der Waals surface area contributed by atoms with Crippen LogP contribution in [0.4, 0.5) is 0 Å². The predicted molar refractivity (Wildman–Crippen MR) is 71.5 cm³/mol. The van der Waals surface area contributed by atoms with Gasteiger partial charge in [-0.1, -0.05) is 19.9 Å². The summed E-state index contributed by atoms with van der Waals surface area (Å²) in [6.07, 6.45) is 2.32. The second-order valence-electron chi connectivity index (χ2n) is 4.95. The summed E-state index contributed by atoms with van der Waals surface area (Å²) in [5.74, 6) is 1.79. The molecule has 94 valence electrons. The number of rotatable bonds is 4. The molecule has 0 unspecified atom stereocenters. The molecule has 1 aliphatic rings. The molecule has 17 heavy (non-hydrogen) atoms. The molecule has 2 atom stereocenters. The van der Waals surface area contributed by atoms with Crippen molar-refractivity contribution in [3.63, 3.8) is 0 Å². The van der Waals surface area contributed by atoms with Gasteiger partial charge in [0.25, 0.3) is 0 Å². The monoisotopic (exact) mass is 233 g/mol. The fraction of sp³-hybridized carbons (Fsp3) is 0.600. The first kappa shape index (κ1) is 12.4. The van der Waals surface area contributed by atoms with Gasteiger partial charge in [0.2, 0.25) is 0 Å². The lowest BCUT2D eigenvalue weighted by Crippen LogP contribution is -2.15. The SMILES string of the molecule is CCOc1ccc([C@H]2C[C@H](C)CN2)c(CC)c1. The van der Waals surface area contributed by atoms with Crippen LogP contribution >= 0.6 is 0 Å². The van der Waals surface area contributed by atoms with Crippen molar-refractivity contribution in [2.45, 2.75) is 39.7 Å². The van der Waals surface area contributed by atoms with E-state index < -0.39 is 0 Å². The van der Waals surface area contributed by atoms with Gasteiger partial charge < -0.3 is 10.1 Å². The number of hydrogen-bond acceptors (Lipinski definition) is 2. The molecule has 2 heteroatoms. The van der Waals surface area contributed by atoms with E-state index in [-0.39, 0.29) is 0 Å². The third-order valence-electron chi connectivity index (χ3n) is 3.53. The molecule has 0 amide bonds. The summed E-state index contributed by atoms with van der Waals surface area (Å²) in [5.41, 5.74) is 2.88. The summed E-state index contributed by atoms with van der Waals surface area (Å²) >= 11 is 0. The summed E-state index contributed by atoms with van der Waals surface area (Å²) in [6, 6.07) is 7.07. The number of aryl methyl sites for hydroxylation is 1. The Morgan fingerprint density at radius 1 is 1.35 bits per heavy atom. The van der Waals surface area contributed by atoms with Crippen LogP contribution in [0.15, 0.2) is 18.2 Å². The van der Waals surface area contributed by atoms with E-state index in [1.165, 1.54) is 17.5 Å². The Morgan fingerprint density at radius 3 is 2.76 bits per heavy atom. The van der Waals surface area contributed by atoms with Gasteiger partial charge in [0.15, 0.2) is 0 Å². The summed E-state index contributed by atoms with van der Waals surface area (Å²) in [4.78, 5) is 0. The molecule has 0 aliphatic carbocycles. The van der Waals surface area contributed by atoms with Gasteiger partial charge in [-0.25, -0.2) is 0 Å². The minimum absolute atomic E-state index is 0.538. The first-order valence-electron chi connectivity index (χ1n) is 6.73. The molecule has 1 saturated heterocycles. The lowest BCUT2D eigenvalue weighted by atomic mass is 9.95. The molecule has 1 heterocycles. The smallest absolute Gasteiger partial charge is 0.119 e. The highest BCUT2D eigenvalue weighted by Gasteiger charge is 2.23. The summed E-state index contributed by atoms with van der Waals surface area (Å²) in [5, 5.41) is 3.61. The van der Waals surface area contributed by atoms with Crippen molar-refractivity contribution >= 4 is 0 Å². The van der Waals surface area contributed by atoms with Gasteiger partial charge in [-0.2, -0.15) is 0 Å². The van der Waals surface area contributed by atoms with E-state index in [1.54, 1.807) is 0 Å². The van der Waals surface area contributed by atoms with Crippen molar-refractivity contribution < 1.29 is 4.74 Å². The fourth-order valence-electron chi connectivity index (χ4n) is 2.63. The van der Waals surface area contributed by atoms with Gasteiger partial charge in [0.1, 0.15) is 5.75 Å². The van der Waals surface area contributed by atoms with Crippen LogP contribution in [0, 0.1) is 5.92 Å². The lowest BCUT2D eigenvalue weighted by molar-refractivity contribution is 0.339. The van der Waals surface area contributed by atoms with E-state index in [2.05, 4.69) is 37.4 Å². The van der Waals surface area contributed by atoms with E-state index in [0.717, 1.165) is 31.2 Å². The predicted octanol–water partition coefficient (Wildman–Crippen LogP) is 3.32. The normalized spacial score (nSPS) is 23.9. The molecule has 1 aromatic rings. The van der Waals surface area contributed by atoms with Crippen LogP contribution in [0.25, 0.3) is 0 Å². The van der Waals surface area contributed by atoms with Crippen molar-refractivity contribution in [1.82, 2.24) is 5.32 Å². The van der Waals surface area contributed by atoms with Crippen LogP contribution in [-0.4, -0.2) is 13.2 Å². The van der Waals surface area contributed by atoms with Crippen molar-refractivity contribution in [1.29, 1.82) is 0 Å². The van der Waals surface area contributed by atoms with Crippen molar-refractivity contribution in [3.05, 3.63) is 29.3 Å².